The molecule has 0 heterocycles. The molecule has 0 saturated heterocycles. The second-order valence-corrected chi connectivity index (χ2v) is 3.94. The molecule has 0 aromatic heterocycles. The Morgan fingerprint density at radius 1 is 1.50 bits per heavy atom. The van der Waals surface area contributed by atoms with Gasteiger partial charge in [-0.15, -0.1) is 0 Å². The highest BCUT2D eigenvalue weighted by atomic mass is 35.5. The molecule has 0 aliphatic carbocycles. The SMILES string of the molecule is C[C@@H](c1cccc(Cl)c1)N(C)CCN. The largest absolute Gasteiger partial charge is 0.329 e. The van der Waals surface area contributed by atoms with Crippen LogP contribution in [0.4, 0.5) is 0 Å². The molecule has 0 fully saturated rings. The second kappa shape index (κ2) is 5.35. The van der Waals surface area contributed by atoms with Gasteiger partial charge < -0.3 is 5.73 Å². The zero-order chi connectivity index (χ0) is 10.6. The van der Waals surface area contributed by atoms with Gasteiger partial charge in [-0.2, -0.15) is 0 Å². The van der Waals surface area contributed by atoms with Crippen LogP contribution >= 0.6 is 11.6 Å². The van der Waals surface area contributed by atoms with Crippen LogP contribution in [0.5, 0.6) is 0 Å². The minimum atomic E-state index is 0.359. The third-order valence-corrected chi connectivity index (χ3v) is 2.71. The highest BCUT2D eigenvalue weighted by Crippen LogP contribution is 2.21. The molecule has 0 radical (unpaired) electrons. The normalized spacial score (nSPS) is 13.2. The summed E-state index contributed by atoms with van der Waals surface area (Å²) in [6, 6.07) is 8.31. The Morgan fingerprint density at radius 2 is 2.21 bits per heavy atom. The molecule has 1 aromatic carbocycles. The second-order valence-electron chi connectivity index (χ2n) is 3.50. The number of likely N-dealkylation sites (N-methyl/N-ethyl adjacent to an activating group) is 1. The number of nitrogens with two attached hydrogens (primary N) is 1. The van der Waals surface area contributed by atoms with Gasteiger partial charge in [0.25, 0.3) is 0 Å². The van der Waals surface area contributed by atoms with E-state index >= 15 is 0 Å². The van der Waals surface area contributed by atoms with Crippen molar-refractivity contribution in [2.24, 2.45) is 5.73 Å². The van der Waals surface area contributed by atoms with Crippen molar-refractivity contribution >= 4 is 11.6 Å². The molecule has 0 aliphatic rings. The van der Waals surface area contributed by atoms with Gasteiger partial charge in [-0.05, 0) is 31.7 Å². The molecule has 0 spiro atoms. The van der Waals surface area contributed by atoms with Gasteiger partial charge in [-0.1, -0.05) is 23.7 Å². The maximum Gasteiger partial charge on any atom is 0.0409 e. The van der Waals surface area contributed by atoms with Crippen LogP contribution in [0.3, 0.4) is 0 Å². The standard InChI is InChI=1S/C11H17ClN2/c1-9(14(2)7-6-13)10-4-3-5-11(12)8-10/h3-5,8-9H,6-7,13H2,1-2H3/t9-/m0/s1. The zero-order valence-corrected chi connectivity index (χ0v) is 9.46. The van der Waals surface area contributed by atoms with Crippen LogP contribution < -0.4 is 5.73 Å². The van der Waals surface area contributed by atoms with E-state index in [0.29, 0.717) is 12.6 Å². The molecular formula is C11H17ClN2. The highest BCUT2D eigenvalue weighted by molar-refractivity contribution is 6.30. The van der Waals surface area contributed by atoms with Crippen LogP contribution in [0.15, 0.2) is 24.3 Å². The average Bonchev–Trinajstić information content (AvgIpc) is 2.17. The number of hydrogen-bond acceptors (Lipinski definition) is 2. The molecule has 1 rings (SSSR count). The van der Waals surface area contributed by atoms with E-state index < -0.39 is 0 Å². The van der Waals surface area contributed by atoms with Crippen LogP contribution in [0.25, 0.3) is 0 Å². The van der Waals surface area contributed by atoms with Gasteiger partial charge in [-0.3, -0.25) is 4.90 Å². The van der Waals surface area contributed by atoms with Gasteiger partial charge in [0.15, 0.2) is 0 Å². The van der Waals surface area contributed by atoms with Crippen molar-refractivity contribution in [2.75, 3.05) is 20.1 Å². The molecule has 2 N–H and O–H groups in total. The third-order valence-electron chi connectivity index (χ3n) is 2.47. The van der Waals surface area contributed by atoms with Gasteiger partial charge >= 0.3 is 0 Å². The number of nitrogens with zero attached hydrogens (tertiary/aromatic N) is 1. The summed E-state index contributed by atoms with van der Waals surface area (Å²) in [5, 5.41) is 0.787. The molecular weight excluding hydrogens is 196 g/mol. The summed E-state index contributed by atoms with van der Waals surface area (Å²) in [7, 11) is 2.07. The van der Waals surface area contributed by atoms with Gasteiger partial charge in [0.2, 0.25) is 0 Å². The monoisotopic (exact) mass is 212 g/mol. The minimum absolute atomic E-state index is 0.359. The van der Waals surface area contributed by atoms with E-state index in [0.717, 1.165) is 11.6 Å². The van der Waals surface area contributed by atoms with Crippen LogP contribution in [-0.4, -0.2) is 25.0 Å². The maximum absolute atomic E-state index is 5.93. The fourth-order valence-corrected chi connectivity index (χ4v) is 1.62. The van der Waals surface area contributed by atoms with Crippen molar-refractivity contribution in [1.29, 1.82) is 0 Å². The lowest BCUT2D eigenvalue weighted by molar-refractivity contribution is 0.269. The highest BCUT2D eigenvalue weighted by Gasteiger charge is 2.10. The summed E-state index contributed by atoms with van der Waals surface area (Å²) in [4.78, 5) is 2.21. The van der Waals surface area contributed by atoms with Crippen molar-refractivity contribution in [3.05, 3.63) is 34.9 Å². The van der Waals surface area contributed by atoms with Crippen LogP contribution in [0, 0.1) is 0 Å². The first-order valence-corrected chi connectivity index (χ1v) is 5.18. The van der Waals surface area contributed by atoms with E-state index in [9.17, 15) is 0 Å². The molecule has 2 nitrogen and oxygen atoms in total. The van der Waals surface area contributed by atoms with Crippen molar-refractivity contribution in [3.63, 3.8) is 0 Å². The summed E-state index contributed by atoms with van der Waals surface area (Å²) < 4.78 is 0. The summed E-state index contributed by atoms with van der Waals surface area (Å²) in [6.45, 7) is 3.73. The average molecular weight is 213 g/mol. The van der Waals surface area contributed by atoms with Crippen molar-refractivity contribution in [1.82, 2.24) is 4.90 Å². The molecule has 14 heavy (non-hydrogen) atoms. The first kappa shape index (κ1) is 11.5. The Balaban J connectivity index is 2.73. The molecule has 1 aromatic rings. The summed E-state index contributed by atoms with van der Waals surface area (Å²) >= 11 is 5.93. The van der Waals surface area contributed by atoms with Crippen molar-refractivity contribution in [2.45, 2.75) is 13.0 Å². The van der Waals surface area contributed by atoms with E-state index in [1.807, 2.05) is 18.2 Å². The van der Waals surface area contributed by atoms with Crippen LogP contribution in [-0.2, 0) is 0 Å². The van der Waals surface area contributed by atoms with E-state index in [1.165, 1.54) is 5.56 Å². The molecule has 0 bridgehead atoms. The van der Waals surface area contributed by atoms with Gasteiger partial charge in [0.1, 0.15) is 0 Å². The summed E-state index contributed by atoms with van der Waals surface area (Å²) in [6.07, 6.45) is 0. The van der Waals surface area contributed by atoms with E-state index in [4.69, 9.17) is 17.3 Å². The Morgan fingerprint density at radius 3 is 2.79 bits per heavy atom. The first-order valence-electron chi connectivity index (χ1n) is 4.81. The van der Waals surface area contributed by atoms with E-state index in [1.54, 1.807) is 0 Å². The number of hydrogen-bond donors (Lipinski definition) is 1. The van der Waals surface area contributed by atoms with Gasteiger partial charge in [0.05, 0.1) is 0 Å². The third kappa shape index (κ3) is 2.98. The molecule has 3 heteroatoms. The van der Waals surface area contributed by atoms with Crippen LogP contribution in [0.2, 0.25) is 5.02 Å². The molecule has 0 unspecified atom stereocenters. The lowest BCUT2D eigenvalue weighted by Gasteiger charge is -2.24. The Labute approximate surface area is 90.7 Å². The molecule has 0 amide bonds. The van der Waals surface area contributed by atoms with Gasteiger partial charge in [0, 0.05) is 24.2 Å². The van der Waals surface area contributed by atoms with Crippen molar-refractivity contribution < 1.29 is 0 Å². The Bertz CT molecular complexity index is 288. The molecule has 0 aliphatic heterocycles. The Hall–Kier alpha value is -0.570. The fraction of sp³-hybridized carbons (Fsp3) is 0.455. The predicted octanol–water partition coefficient (Wildman–Crippen LogP) is 2.29. The zero-order valence-electron chi connectivity index (χ0n) is 8.70. The van der Waals surface area contributed by atoms with Crippen molar-refractivity contribution in [3.8, 4) is 0 Å². The predicted molar refractivity (Wildman–Crippen MR) is 61.6 cm³/mol. The lowest BCUT2D eigenvalue weighted by Crippen LogP contribution is -2.28. The smallest absolute Gasteiger partial charge is 0.0409 e. The molecule has 78 valence electrons. The molecule has 1 atom stereocenters. The topological polar surface area (TPSA) is 29.3 Å². The lowest BCUT2D eigenvalue weighted by atomic mass is 10.1. The number of halogens is 1. The quantitative estimate of drug-likeness (QED) is 0.830. The Kier molecular flexibility index (Phi) is 4.39. The summed E-state index contributed by atoms with van der Waals surface area (Å²) in [5.74, 6) is 0. The maximum atomic E-state index is 5.93. The van der Waals surface area contributed by atoms with Crippen LogP contribution in [0.1, 0.15) is 18.5 Å². The van der Waals surface area contributed by atoms with E-state index in [-0.39, 0.29) is 0 Å². The minimum Gasteiger partial charge on any atom is -0.329 e. The van der Waals surface area contributed by atoms with Gasteiger partial charge in [-0.25, -0.2) is 0 Å². The number of rotatable bonds is 4. The number of benzene rings is 1. The summed E-state index contributed by atoms with van der Waals surface area (Å²) in [5.41, 5.74) is 6.74. The first-order chi connectivity index (χ1) is 6.65. The van der Waals surface area contributed by atoms with E-state index in [2.05, 4.69) is 24.9 Å². The fourth-order valence-electron chi connectivity index (χ4n) is 1.42. The molecule has 0 saturated carbocycles.